The molecule has 0 spiro atoms. The third-order valence-corrected chi connectivity index (χ3v) is 5.13. The van der Waals surface area contributed by atoms with E-state index in [1.54, 1.807) is 24.3 Å². The van der Waals surface area contributed by atoms with Crippen LogP contribution in [-0.4, -0.2) is 56.1 Å². The minimum absolute atomic E-state index is 0.0903. The fourth-order valence-electron chi connectivity index (χ4n) is 3.18. The van der Waals surface area contributed by atoms with E-state index in [1.807, 2.05) is 31.2 Å². The van der Waals surface area contributed by atoms with Crippen LogP contribution in [0.3, 0.4) is 0 Å². The van der Waals surface area contributed by atoms with Gasteiger partial charge in [-0.15, -0.1) is 0 Å². The van der Waals surface area contributed by atoms with Crippen LogP contribution in [0.2, 0.25) is 5.02 Å². The molecule has 0 aliphatic carbocycles. The molecule has 3 rings (SSSR count). The molecule has 0 aromatic heterocycles. The maximum absolute atomic E-state index is 12.5. The number of morpholine rings is 1. The normalized spacial score (nSPS) is 15.5. The molecule has 2 aromatic carbocycles. The zero-order valence-corrected chi connectivity index (χ0v) is 17.2. The fraction of sp³-hybridized carbons (Fsp3) is 0.364. The van der Waals surface area contributed by atoms with Gasteiger partial charge in [0.15, 0.2) is 0 Å². The van der Waals surface area contributed by atoms with Crippen molar-refractivity contribution in [3.05, 3.63) is 70.2 Å². The lowest BCUT2D eigenvalue weighted by Gasteiger charge is -2.31. The molecule has 1 fully saturated rings. The second kappa shape index (κ2) is 10.4. The quantitative estimate of drug-likeness (QED) is 0.729. The summed E-state index contributed by atoms with van der Waals surface area (Å²) >= 11 is 5.84. The van der Waals surface area contributed by atoms with E-state index >= 15 is 0 Å². The van der Waals surface area contributed by atoms with Crippen molar-refractivity contribution in [2.45, 2.75) is 13.0 Å². The van der Waals surface area contributed by atoms with Gasteiger partial charge >= 0.3 is 0 Å². The Kier molecular flexibility index (Phi) is 7.63. The van der Waals surface area contributed by atoms with Crippen molar-refractivity contribution in [2.75, 3.05) is 39.4 Å². The zero-order valence-electron chi connectivity index (χ0n) is 16.5. The van der Waals surface area contributed by atoms with Crippen molar-refractivity contribution in [3.8, 4) is 0 Å². The Balaban J connectivity index is 1.59. The van der Waals surface area contributed by atoms with Crippen molar-refractivity contribution >= 4 is 23.4 Å². The number of aryl methyl sites for hydroxylation is 1. The van der Waals surface area contributed by atoms with E-state index in [1.165, 1.54) is 5.56 Å². The smallest absolute Gasteiger partial charge is 0.251 e. The van der Waals surface area contributed by atoms with Crippen LogP contribution in [0.4, 0.5) is 0 Å². The molecule has 2 amide bonds. The zero-order chi connectivity index (χ0) is 20.6. The number of nitrogens with zero attached hydrogens (tertiary/aromatic N) is 1. The number of halogens is 1. The molecule has 0 saturated carbocycles. The summed E-state index contributed by atoms with van der Waals surface area (Å²) in [7, 11) is 0. The summed E-state index contributed by atoms with van der Waals surface area (Å²) in [4.78, 5) is 27.0. The number of hydrogen-bond donors (Lipinski definition) is 2. The van der Waals surface area contributed by atoms with Crippen molar-refractivity contribution in [3.63, 3.8) is 0 Å². The molecule has 29 heavy (non-hydrogen) atoms. The predicted molar refractivity (Wildman–Crippen MR) is 113 cm³/mol. The van der Waals surface area contributed by atoms with Gasteiger partial charge in [-0.3, -0.25) is 14.5 Å². The molecule has 1 saturated heterocycles. The number of hydrogen-bond acceptors (Lipinski definition) is 4. The fourth-order valence-corrected chi connectivity index (χ4v) is 3.31. The van der Waals surface area contributed by atoms with Gasteiger partial charge in [-0.25, -0.2) is 0 Å². The van der Waals surface area contributed by atoms with Gasteiger partial charge in [0, 0.05) is 30.2 Å². The molecule has 7 heteroatoms. The molecular formula is C22H26ClN3O3. The molecular weight excluding hydrogens is 390 g/mol. The highest BCUT2D eigenvalue weighted by Gasteiger charge is 2.20. The van der Waals surface area contributed by atoms with E-state index < -0.39 is 0 Å². The Labute approximate surface area is 176 Å². The lowest BCUT2D eigenvalue weighted by atomic mass is 10.0. The first-order chi connectivity index (χ1) is 14.0. The van der Waals surface area contributed by atoms with Crippen molar-refractivity contribution < 1.29 is 14.3 Å². The Bertz CT molecular complexity index is 818. The summed E-state index contributed by atoms with van der Waals surface area (Å²) in [6, 6.07) is 14.5. The molecule has 1 aliphatic heterocycles. The highest BCUT2D eigenvalue weighted by atomic mass is 35.5. The molecule has 0 unspecified atom stereocenters. The van der Waals surface area contributed by atoms with Gasteiger partial charge in [0.2, 0.25) is 5.91 Å². The third-order valence-electron chi connectivity index (χ3n) is 4.88. The third kappa shape index (κ3) is 6.56. The van der Waals surface area contributed by atoms with Gasteiger partial charge < -0.3 is 15.4 Å². The van der Waals surface area contributed by atoms with E-state index in [-0.39, 0.29) is 24.4 Å². The van der Waals surface area contributed by atoms with Crippen LogP contribution in [-0.2, 0) is 9.53 Å². The molecule has 1 atom stereocenters. The molecule has 2 N–H and O–H groups in total. The second-order valence-corrected chi connectivity index (χ2v) is 7.57. The average molecular weight is 416 g/mol. The van der Waals surface area contributed by atoms with Crippen LogP contribution in [0.25, 0.3) is 0 Å². The number of carbonyl (C=O) groups is 2. The molecule has 0 bridgehead atoms. The first kappa shape index (κ1) is 21.3. The van der Waals surface area contributed by atoms with Crippen LogP contribution in [0.1, 0.15) is 27.5 Å². The molecule has 0 radical (unpaired) electrons. The van der Waals surface area contributed by atoms with E-state index in [2.05, 4.69) is 15.5 Å². The van der Waals surface area contributed by atoms with Crippen LogP contribution in [0, 0.1) is 6.92 Å². The van der Waals surface area contributed by atoms with Gasteiger partial charge in [0.05, 0.1) is 25.8 Å². The summed E-state index contributed by atoms with van der Waals surface area (Å²) < 4.78 is 5.41. The lowest BCUT2D eigenvalue weighted by molar-refractivity contribution is -0.121. The summed E-state index contributed by atoms with van der Waals surface area (Å²) in [6.07, 6.45) is 0. The number of benzene rings is 2. The predicted octanol–water partition coefficient (Wildman–Crippen LogP) is 2.57. The number of ether oxygens (including phenoxy) is 1. The molecule has 6 nitrogen and oxygen atoms in total. The second-order valence-electron chi connectivity index (χ2n) is 7.13. The largest absolute Gasteiger partial charge is 0.379 e. The summed E-state index contributed by atoms with van der Waals surface area (Å²) in [5.41, 5.74) is 2.67. The molecule has 2 aromatic rings. The van der Waals surface area contributed by atoms with Crippen LogP contribution in [0.5, 0.6) is 0 Å². The monoisotopic (exact) mass is 415 g/mol. The van der Waals surface area contributed by atoms with Gasteiger partial charge in [-0.05, 0) is 36.8 Å². The highest BCUT2D eigenvalue weighted by molar-refractivity contribution is 6.30. The topological polar surface area (TPSA) is 70.7 Å². The van der Waals surface area contributed by atoms with E-state index in [0.29, 0.717) is 30.3 Å². The Morgan fingerprint density at radius 2 is 1.72 bits per heavy atom. The van der Waals surface area contributed by atoms with Crippen LogP contribution >= 0.6 is 11.6 Å². The van der Waals surface area contributed by atoms with Gasteiger partial charge in [0.25, 0.3) is 5.91 Å². The van der Waals surface area contributed by atoms with E-state index in [9.17, 15) is 9.59 Å². The number of amides is 2. The van der Waals surface area contributed by atoms with Gasteiger partial charge in [-0.1, -0.05) is 41.4 Å². The van der Waals surface area contributed by atoms with E-state index in [4.69, 9.17) is 16.3 Å². The van der Waals surface area contributed by atoms with Crippen molar-refractivity contribution in [2.24, 2.45) is 0 Å². The molecule has 154 valence electrons. The molecule has 1 heterocycles. The minimum atomic E-state index is -0.308. The average Bonchev–Trinajstić information content (AvgIpc) is 2.73. The van der Waals surface area contributed by atoms with Gasteiger partial charge in [-0.2, -0.15) is 0 Å². The summed E-state index contributed by atoms with van der Waals surface area (Å²) in [5, 5.41) is 6.28. The van der Waals surface area contributed by atoms with E-state index in [0.717, 1.165) is 18.7 Å². The number of rotatable bonds is 7. The summed E-state index contributed by atoms with van der Waals surface area (Å²) in [5.74, 6) is -0.539. The van der Waals surface area contributed by atoms with Gasteiger partial charge in [0.1, 0.15) is 0 Å². The maximum atomic E-state index is 12.5. The first-order valence-corrected chi connectivity index (χ1v) is 10.1. The first-order valence-electron chi connectivity index (χ1n) is 9.71. The Hall–Kier alpha value is -2.41. The van der Waals surface area contributed by atoms with Crippen LogP contribution in [0.15, 0.2) is 48.5 Å². The SMILES string of the molecule is Cc1ccc([C@H](CN2CCOCC2)NC(=O)CNC(=O)c2ccc(Cl)cc2)cc1. The van der Waals surface area contributed by atoms with Crippen molar-refractivity contribution in [1.82, 2.24) is 15.5 Å². The number of nitrogens with one attached hydrogen (secondary N) is 2. The molecule has 1 aliphatic rings. The highest BCUT2D eigenvalue weighted by Crippen LogP contribution is 2.16. The number of carbonyl (C=O) groups excluding carboxylic acids is 2. The maximum Gasteiger partial charge on any atom is 0.251 e. The van der Waals surface area contributed by atoms with Crippen LogP contribution < -0.4 is 10.6 Å². The lowest BCUT2D eigenvalue weighted by Crippen LogP contribution is -2.45. The Morgan fingerprint density at radius 3 is 2.38 bits per heavy atom. The minimum Gasteiger partial charge on any atom is -0.379 e. The summed E-state index contributed by atoms with van der Waals surface area (Å²) in [6.45, 7) is 5.72. The van der Waals surface area contributed by atoms with Crippen molar-refractivity contribution in [1.29, 1.82) is 0 Å². The standard InChI is InChI=1S/C22H26ClN3O3/c1-16-2-4-17(5-3-16)20(15-26-10-12-29-13-11-26)25-21(27)14-24-22(28)18-6-8-19(23)9-7-18/h2-9,20H,10-15H2,1H3,(H,24,28)(H,25,27)/t20-/m0/s1. The Morgan fingerprint density at radius 1 is 1.07 bits per heavy atom.